The molecule has 1 atom stereocenters. The van der Waals surface area contributed by atoms with E-state index in [9.17, 15) is 18.0 Å². The summed E-state index contributed by atoms with van der Waals surface area (Å²) in [5.74, 6) is -0.761. The number of nitrogens with zero attached hydrogens (tertiary/aromatic N) is 2. The van der Waals surface area contributed by atoms with Gasteiger partial charge in [0.15, 0.2) is 0 Å². The lowest BCUT2D eigenvalue weighted by Crippen LogP contribution is -2.51. The van der Waals surface area contributed by atoms with Gasteiger partial charge in [-0.2, -0.15) is 0 Å². The summed E-state index contributed by atoms with van der Waals surface area (Å²) >= 11 is 3.42. The van der Waals surface area contributed by atoms with Crippen molar-refractivity contribution < 1.29 is 18.0 Å². The summed E-state index contributed by atoms with van der Waals surface area (Å²) in [6, 6.07) is 20.4. The maximum absolute atomic E-state index is 14.0. The molecule has 39 heavy (non-hydrogen) atoms. The number of carbonyl (C=O) groups excluding carboxylic acids is 2. The Hall–Kier alpha value is -3.17. The first-order chi connectivity index (χ1) is 18.6. The number of halogens is 1. The van der Waals surface area contributed by atoms with Crippen molar-refractivity contribution >= 4 is 43.5 Å². The zero-order valence-electron chi connectivity index (χ0n) is 22.9. The fourth-order valence-electron chi connectivity index (χ4n) is 4.17. The minimum absolute atomic E-state index is 0.0972. The zero-order chi connectivity index (χ0) is 28.6. The molecule has 3 aromatic rings. The van der Waals surface area contributed by atoms with E-state index < -0.39 is 28.5 Å². The van der Waals surface area contributed by atoms with Crippen LogP contribution in [0.25, 0.3) is 0 Å². The van der Waals surface area contributed by atoms with Gasteiger partial charge in [0.2, 0.25) is 11.8 Å². The summed E-state index contributed by atoms with van der Waals surface area (Å²) in [7, 11) is -4.09. The number of sulfonamides is 1. The first-order valence-corrected chi connectivity index (χ1v) is 15.3. The topological polar surface area (TPSA) is 86.8 Å². The number of benzene rings is 3. The highest BCUT2D eigenvalue weighted by molar-refractivity contribution is 9.10. The number of hydrogen-bond acceptors (Lipinski definition) is 4. The van der Waals surface area contributed by atoms with Gasteiger partial charge < -0.3 is 10.2 Å². The minimum atomic E-state index is -4.09. The highest BCUT2D eigenvalue weighted by Crippen LogP contribution is 2.28. The molecule has 1 N–H and O–H groups in total. The van der Waals surface area contributed by atoms with E-state index in [0.29, 0.717) is 18.7 Å². The number of para-hydroxylation sites is 1. The van der Waals surface area contributed by atoms with E-state index in [-0.39, 0.29) is 17.3 Å². The molecule has 0 saturated carbocycles. The van der Waals surface area contributed by atoms with Crippen LogP contribution in [0.3, 0.4) is 0 Å². The van der Waals surface area contributed by atoms with Crippen molar-refractivity contribution in [2.24, 2.45) is 0 Å². The fraction of sp³-hybridized carbons (Fsp3) is 0.333. The number of anilines is 1. The Morgan fingerprint density at radius 3 is 2.21 bits per heavy atom. The van der Waals surface area contributed by atoms with Crippen LogP contribution in [-0.2, 0) is 32.6 Å². The lowest BCUT2D eigenvalue weighted by molar-refractivity contribution is -0.139. The maximum atomic E-state index is 14.0. The number of nitrogens with one attached hydrogen (secondary N) is 1. The van der Waals surface area contributed by atoms with Crippen LogP contribution in [0.5, 0.6) is 0 Å². The lowest BCUT2D eigenvalue weighted by atomic mass is 10.1. The van der Waals surface area contributed by atoms with Gasteiger partial charge in [0.05, 0.1) is 10.6 Å². The number of aryl methyl sites for hydroxylation is 2. The summed E-state index contributed by atoms with van der Waals surface area (Å²) in [5.41, 5.74) is 3.00. The van der Waals surface area contributed by atoms with Crippen molar-refractivity contribution in [3.05, 3.63) is 94.0 Å². The predicted molar refractivity (Wildman–Crippen MR) is 159 cm³/mol. The second-order valence-electron chi connectivity index (χ2n) is 9.42. The number of amides is 2. The van der Waals surface area contributed by atoms with E-state index in [1.54, 1.807) is 43.3 Å². The first-order valence-electron chi connectivity index (χ1n) is 13.1. The zero-order valence-corrected chi connectivity index (χ0v) is 25.3. The van der Waals surface area contributed by atoms with Crippen LogP contribution in [0.4, 0.5) is 5.69 Å². The molecule has 3 rings (SSSR count). The molecule has 0 saturated heterocycles. The third kappa shape index (κ3) is 7.70. The average Bonchev–Trinajstić information content (AvgIpc) is 2.93. The van der Waals surface area contributed by atoms with Crippen molar-refractivity contribution in [3.63, 3.8) is 0 Å². The molecule has 1 unspecified atom stereocenters. The van der Waals surface area contributed by atoms with Crippen molar-refractivity contribution in [2.45, 2.75) is 58.0 Å². The Balaban J connectivity index is 2.05. The second-order valence-corrected chi connectivity index (χ2v) is 12.2. The summed E-state index contributed by atoms with van der Waals surface area (Å²) in [4.78, 5) is 28.5. The van der Waals surface area contributed by atoms with E-state index in [1.807, 2.05) is 57.2 Å². The van der Waals surface area contributed by atoms with E-state index in [2.05, 4.69) is 21.2 Å². The van der Waals surface area contributed by atoms with Gasteiger partial charge in [-0.05, 0) is 68.1 Å². The third-order valence-corrected chi connectivity index (χ3v) is 8.81. The van der Waals surface area contributed by atoms with E-state index in [1.165, 1.54) is 9.21 Å². The molecule has 208 valence electrons. The Labute approximate surface area is 240 Å². The summed E-state index contributed by atoms with van der Waals surface area (Å²) in [6.07, 6.45) is 1.35. The largest absolute Gasteiger partial charge is 0.354 e. The van der Waals surface area contributed by atoms with Gasteiger partial charge in [-0.3, -0.25) is 13.9 Å². The van der Waals surface area contributed by atoms with E-state index >= 15 is 0 Å². The van der Waals surface area contributed by atoms with Crippen LogP contribution in [0.15, 0.2) is 82.2 Å². The molecule has 9 heteroatoms. The molecule has 0 aromatic heterocycles. The van der Waals surface area contributed by atoms with Crippen LogP contribution in [-0.4, -0.2) is 44.3 Å². The van der Waals surface area contributed by atoms with Crippen molar-refractivity contribution in [1.29, 1.82) is 0 Å². The minimum Gasteiger partial charge on any atom is -0.354 e. The molecule has 0 aliphatic carbocycles. The Bertz CT molecular complexity index is 1380. The van der Waals surface area contributed by atoms with E-state index in [0.717, 1.165) is 27.6 Å². The maximum Gasteiger partial charge on any atom is 0.264 e. The Morgan fingerprint density at radius 1 is 0.949 bits per heavy atom. The van der Waals surface area contributed by atoms with Crippen LogP contribution in [0.1, 0.15) is 43.9 Å². The van der Waals surface area contributed by atoms with Crippen molar-refractivity contribution in [2.75, 3.05) is 17.4 Å². The molecule has 0 spiro atoms. The van der Waals surface area contributed by atoms with Gasteiger partial charge in [0, 0.05) is 17.6 Å². The van der Waals surface area contributed by atoms with Crippen molar-refractivity contribution in [1.82, 2.24) is 10.2 Å². The molecule has 0 fully saturated rings. The van der Waals surface area contributed by atoms with Crippen LogP contribution < -0.4 is 9.62 Å². The first kappa shape index (κ1) is 30.4. The van der Waals surface area contributed by atoms with Gasteiger partial charge in [0.1, 0.15) is 12.6 Å². The summed E-state index contributed by atoms with van der Waals surface area (Å²) in [5, 5.41) is 2.85. The molecule has 0 aliphatic heterocycles. The normalized spacial score (nSPS) is 12.0. The van der Waals surface area contributed by atoms with Crippen LogP contribution >= 0.6 is 15.9 Å². The average molecular weight is 615 g/mol. The van der Waals surface area contributed by atoms with Gasteiger partial charge in [-0.15, -0.1) is 0 Å². The predicted octanol–water partition coefficient (Wildman–Crippen LogP) is 5.46. The van der Waals surface area contributed by atoms with Crippen LogP contribution in [0.2, 0.25) is 0 Å². The second kappa shape index (κ2) is 13.8. The Kier molecular flexibility index (Phi) is 10.7. The monoisotopic (exact) mass is 613 g/mol. The molecule has 3 aromatic carbocycles. The highest BCUT2D eigenvalue weighted by atomic mass is 79.9. The molecule has 0 bridgehead atoms. The van der Waals surface area contributed by atoms with Gasteiger partial charge in [-0.25, -0.2) is 8.42 Å². The SMILES string of the molecule is CCCNC(=O)C(C)N(Cc1ccc(Br)cc1)C(=O)CN(c1ccccc1CC)S(=O)(=O)c1ccc(C)cc1. The smallest absolute Gasteiger partial charge is 0.264 e. The Morgan fingerprint density at radius 2 is 1.59 bits per heavy atom. The van der Waals surface area contributed by atoms with Crippen molar-refractivity contribution in [3.8, 4) is 0 Å². The molecule has 0 aliphatic rings. The molecular weight excluding hydrogens is 578 g/mol. The molecular formula is C30H36BrN3O4S. The van der Waals surface area contributed by atoms with Gasteiger partial charge in [0.25, 0.3) is 10.0 Å². The molecule has 0 heterocycles. The van der Waals surface area contributed by atoms with Crippen LogP contribution in [0, 0.1) is 6.92 Å². The summed E-state index contributed by atoms with van der Waals surface area (Å²) < 4.78 is 30.0. The lowest BCUT2D eigenvalue weighted by Gasteiger charge is -2.32. The number of carbonyl (C=O) groups is 2. The summed E-state index contributed by atoms with van der Waals surface area (Å²) in [6.45, 7) is 7.64. The molecule has 0 radical (unpaired) electrons. The highest BCUT2D eigenvalue weighted by Gasteiger charge is 2.33. The van der Waals surface area contributed by atoms with Gasteiger partial charge in [-0.1, -0.05) is 77.8 Å². The van der Waals surface area contributed by atoms with E-state index in [4.69, 9.17) is 0 Å². The fourth-order valence-corrected chi connectivity index (χ4v) is 5.89. The molecule has 2 amide bonds. The number of hydrogen-bond donors (Lipinski definition) is 1. The molecule has 7 nitrogen and oxygen atoms in total. The number of rotatable bonds is 12. The van der Waals surface area contributed by atoms with Gasteiger partial charge >= 0.3 is 0 Å². The third-order valence-electron chi connectivity index (χ3n) is 6.51. The quantitative estimate of drug-likeness (QED) is 0.294. The standard InChI is InChI=1S/C30H36BrN3O4S/c1-5-19-32-30(36)23(4)33(20-24-13-15-26(31)16-14-24)29(35)21-34(28-10-8-7-9-25(28)6-2)39(37,38)27-17-11-22(3)12-18-27/h7-18,23H,5-6,19-21H2,1-4H3,(H,32,36).